The van der Waals surface area contributed by atoms with Gasteiger partial charge in [-0.05, 0) is 31.5 Å². The van der Waals surface area contributed by atoms with Gasteiger partial charge in [0.05, 0.1) is 0 Å². The molecule has 0 spiro atoms. The van der Waals surface area contributed by atoms with Gasteiger partial charge in [0.25, 0.3) is 0 Å². The molecule has 2 atom stereocenters. The van der Waals surface area contributed by atoms with Crippen LogP contribution in [0.2, 0.25) is 0 Å². The molecule has 16 heavy (non-hydrogen) atoms. The smallest absolute Gasteiger partial charge is 0.0463 e. The van der Waals surface area contributed by atoms with Crippen LogP contribution in [0, 0.1) is 0 Å². The highest BCUT2D eigenvalue weighted by Gasteiger charge is 2.23. The topological polar surface area (TPSA) is 20.3 Å². The third kappa shape index (κ3) is 2.92. The van der Waals surface area contributed by atoms with Crippen molar-refractivity contribution in [3.63, 3.8) is 0 Å². The summed E-state index contributed by atoms with van der Waals surface area (Å²) in [6.07, 6.45) is 4.35. The van der Waals surface area contributed by atoms with E-state index in [0.717, 1.165) is 18.8 Å². The van der Waals surface area contributed by atoms with Crippen molar-refractivity contribution in [1.29, 1.82) is 0 Å². The molecule has 1 saturated heterocycles. The van der Waals surface area contributed by atoms with Crippen LogP contribution in [0.15, 0.2) is 30.3 Å². The lowest BCUT2D eigenvalue weighted by Crippen LogP contribution is -2.29. The normalized spacial score (nSPS) is 20.8. The molecular weight excluding hydrogens is 218 g/mol. The molecule has 1 fully saturated rings. The van der Waals surface area contributed by atoms with Gasteiger partial charge in [-0.1, -0.05) is 30.3 Å². The average molecular weight is 237 g/mol. The zero-order valence-electron chi connectivity index (χ0n) is 9.76. The summed E-state index contributed by atoms with van der Waals surface area (Å²) in [5, 5.41) is 0. The summed E-state index contributed by atoms with van der Waals surface area (Å²) >= 11 is 0. The van der Waals surface area contributed by atoms with Gasteiger partial charge < -0.3 is 0 Å². The fourth-order valence-electron chi connectivity index (χ4n) is 2.36. The maximum Gasteiger partial charge on any atom is 0.0463 e. The van der Waals surface area contributed by atoms with Crippen molar-refractivity contribution in [2.75, 3.05) is 25.1 Å². The minimum atomic E-state index is -0.734. The SMILES string of the molecule is CS(=O)CC(c1ccccc1)N1CCCC1. The molecule has 0 saturated carbocycles. The Morgan fingerprint density at radius 2 is 1.88 bits per heavy atom. The Morgan fingerprint density at radius 1 is 1.25 bits per heavy atom. The quantitative estimate of drug-likeness (QED) is 0.800. The van der Waals surface area contributed by atoms with Crippen LogP contribution in [0.25, 0.3) is 0 Å². The van der Waals surface area contributed by atoms with Crippen LogP contribution in [-0.4, -0.2) is 34.2 Å². The Kier molecular flexibility index (Phi) is 4.13. The summed E-state index contributed by atoms with van der Waals surface area (Å²) in [5.41, 5.74) is 1.31. The molecule has 1 aliphatic rings. The Balaban J connectivity index is 2.16. The molecule has 3 heteroatoms. The first kappa shape index (κ1) is 11.8. The molecule has 2 rings (SSSR count). The first-order chi connectivity index (χ1) is 7.77. The second kappa shape index (κ2) is 5.60. The number of hydrogen-bond donors (Lipinski definition) is 0. The fourth-order valence-corrected chi connectivity index (χ4v) is 3.21. The van der Waals surface area contributed by atoms with Gasteiger partial charge in [0.1, 0.15) is 0 Å². The van der Waals surface area contributed by atoms with Gasteiger partial charge in [-0.2, -0.15) is 0 Å². The molecule has 2 unspecified atom stereocenters. The van der Waals surface area contributed by atoms with E-state index in [9.17, 15) is 4.21 Å². The highest BCUT2D eigenvalue weighted by Crippen LogP contribution is 2.25. The number of likely N-dealkylation sites (tertiary alicyclic amines) is 1. The average Bonchev–Trinajstić information content (AvgIpc) is 2.80. The number of hydrogen-bond acceptors (Lipinski definition) is 2. The molecule has 0 bridgehead atoms. The van der Waals surface area contributed by atoms with Crippen molar-refractivity contribution < 1.29 is 4.21 Å². The van der Waals surface area contributed by atoms with Crippen LogP contribution in [0.3, 0.4) is 0 Å². The lowest BCUT2D eigenvalue weighted by atomic mass is 10.1. The zero-order chi connectivity index (χ0) is 11.4. The molecule has 0 N–H and O–H groups in total. The number of nitrogens with zero attached hydrogens (tertiary/aromatic N) is 1. The molecule has 0 aliphatic carbocycles. The van der Waals surface area contributed by atoms with E-state index in [4.69, 9.17) is 0 Å². The predicted octanol–water partition coefficient (Wildman–Crippen LogP) is 2.20. The van der Waals surface area contributed by atoms with E-state index in [1.54, 1.807) is 6.26 Å². The van der Waals surface area contributed by atoms with Crippen LogP contribution in [0.1, 0.15) is 24.4 Å². The second-order valence-corrected chi connectivity index (χ2v) is 5.89. The van der Waals surface area contributed by atoms with Crippen molar-refractivity contribution in [1.82, 2.24) is 4.90 Å². The summed E-state index contributed by atoms with van der Waals surface area (Å²) < 4.78 is 11.5. The summed E-state index contributed by atoms with van der Waals surface area (Å²) in [4.78, 5) is 2.47. The molecule has 1 aromatic rings. The first-order valence-corrected chi connectivity index (χ1v) is 7.59. The summed E-state index contributed by atoms with van der Waals surface area (Å²) in [7, 11) is -0.734. The lowest BCUT2D eigenvalue weighted by Gasteiger charge is -2.27. The Labute approximate surface area is 100 Å². The van der Waals surface area contributed by atoms with Gasteiger partial charge in [0.2, 0.25) is 0 Å². The summed E-state index contributed by atoms with van der Waals surface area (Å²) in [6, 6.07) is 10.8. The van der Waals surface area contributed by atoms with E-state index in [1.165, 1.54) is 18.4 Å². The predicted molar refractivity (Wildman–Crippen MR) is 68.9 cm³/mol. The minimum Gasteiger partial charge on any atom is -0.295 e. The van der Waals surface area contributed by atoms with E-state index < -0.39 is 10.8 Å². The molecule has 2 nitrogen and oxygen atoms in total. The summed E-state index contributed by atoms with van der Waals surface area (Å²) in [5.74, 6) is 0.754. The van der Waals surface area contributed by atoms with Gasteiger partial charge >= 0.3 is 0 Å². The van der Waals surface area contributed by atoms with Crippen LogP contribution >= 0.6 is 0 Å². The van der Waals surface area contributed by atoms with Gasteiger partial charge in [-0.25, -0.2) is 0 Å². The lowest BCUT2D eigenvalue weighted by molar-refractivity contribution is 0.266. The van der Waals surface area contributed by atoms with E-state index >= 15 is 0 Å². The maximum atomic E-state index is 11.5. The minimum absolute atomic E-state index is 0.342. The zero-order valence-corrected chi connectivity index (χ0v) is 10.6. The molecular formula is C13H19NOS. The maximum absolute atomic E-state index is 11.5. The van der Waals surface area contributed by atoms with Gasteiger partial charge in [-0.15, -0.1) is 0 Å². The van der Waals surface area contributed by atoms with E-state index in [1.807, 2.05) is 6.07 Å². The van der Waals surface area contributed by atoms with Crippen LogP contribution in [0.5, 0.6) is 0 Å². The second-order valence-electron chi connectivity index (χ2n) is 4.41. The Hall–Kier alpha value is -0.670. The van der Waals surface area contributed by atoms with E-state index in [0.29, 0.717) is 6.04 Å². The summed E-state index contributed by atoms with van der Waals surface area (Å²) in [6.45, 7) is 2.30. The third-order valence-electron chi connectivity index (χ3n) is 3.16. The first-order valence-electron chi connectivity index (χ1n) is 5.86. The largest absolute Gasteiger partial charge is 0.295 e. The van der Waals surface area contributed by atoms with Gasteiger partial charge in [0, 0.05) is 28.9 Å². The van der Waals surface area contributed by atoms with E-state index in [-0.39, 0.29) is 0 Å². The van der Waals surface area contributed by atoms with Crippen molar-refractivity contribution in [2.24, 2.45) is 0 Å². The monoisotopic (exact) mass is 237 g/mol. The Bertz CT molecular complexity index is 346. The highest BCUT2D eigenvalue weighted by molar-refractivity contribution is 7.84. The molecule has 0 radical (unpaired) electrons. The standard InChI is InChI=1S/C13H19NOS/c1-16(15)11-13(14-9-5-6-10-14)12-7-3-2-4-8-12/h2-4,7-8,13H,5-6,9-11H2,1H3. The van der Waals surface area contributed by atoms with Crippen molar-refractivity contribution in [2.45, 2.75) is 18.9 Å². The molecule has 1 aromatic carbocycles. The number of rotatable bonds is 4. The fraction of sp³-hybridized carbons (Fsp3) is 0.538. The molecule has 88 valence electrons. The highest BCUT2D eigenvalue weighted by atomic mass is 32.2. The van der Waals surface area contributed by atoms with Crippen molar-refractivity contribution >= 4 is 10.8 Å². The molecule has 1 heterocycles. The van der Waals surface area contributed by atoms with Crippen molar-refractivity contribution in [3.8, 4) is 0 Å². The molecule has 0 amide bonds. The molecule has 0 aromatic heterocycles. The Morgan fingerprint density at radius 3 is 2.44 bits per heavy atom. The van der Waals surface area contributed by atoms with Gasteiger partial charge in [-0.3, -0.25) is 9.11 Å². The van der Waals surface area contributed by atoms with Crippen LogP contribution in [0.4, 0.5) is 0 Å². The van der Waals surface area contributed by atoms with Crippen LogP contribution < -0.4 is 0 Å². The van der Waals surface area contributed by atoms with Crippen molar-refractivity contribution in [3.05, 3.63) is 35.9 Å². The number of benzene rings is 1. The van der Waals surface area contributed by atoms with Crippen LogP contribution in [-0.2, 0) is 10.8 Å². The third-order valence-corrected chi connectivity index (χ3v) is 3.94. The van der Waals surface area contributed by atoms with E-state index in [2.05, 4.69) is 29.2 Å². The van der Waals surface area contributed by atoms with Gasteiger partial charge in [0.15, 0.2) is 0 Å². The molecule has 1 aliphatic heterocycles.